The maximum absolute atomic E-state index is 11.5. The fraction of sp³-hybridized carbons (Fsp3) is 0.321. The number of carboxylic acids is 1. The molecule has 0 saturated carbocycles. The van der Waals surface area contributed by atoms with Crippen molar-refractivity contribution >= 4 is 21.7 Å². The molecule has 10 heteroatoms. The molecule has 0 fully saturated rings. The SMILES string of the molecule is Cc1cc(OCCNC(C)C(O)c2ccc(O)c(NS(C)(=O)=O)c2)cc(C)c1-c1ccc(CC(=O)O)cc1. The van der Waals surface area contributed by atoms with Gasteiger partial charge in [-0.05, 0) is 78.4 Å². The molecule has 3 rings (SSSR count). The number of aromatic hydroxyl groups is 1. The molecule has 9 nitrogen and oxygen atoms in total. The highest BCUT2D eigenvalue weighted by molar-refractivity contribution is 7.92. The third kappa shape index (κ3) is 7.95. The Morgan fingerprint density at radius 2 is 1.66 bits per heavy atom. The predicted molar refractivity (Wildman–Crippen MR) is 147 cm³/mol. The second-order valence-corrected chi connectivity index (χ2v) is 11.1. The number of hydrogen-bond acceptors (Lipinski definition) is 7. The summed E-state index contributed by atoms with van der Waals surface area (Å²) in [4.78, 5) is 10.9. The van der Waals surface area contributed by atoms with Gasteiger partial charge in [0.1, 0.15) is 18.1 Å². The Balaban J connectivity index is 1.57. The van der Waals surface area contributed by atoms with Crippen molar-refractivity contribution in [3.05, 3.63) is 76.9 Å². The first-order chi connectivity index (χ1) is 17.8. The molecule has 204 valence electrons. The molecule has 0 aliphatic carbocycles. The number of anilines is 1. The fourth-order valence-electron chi connectivity index (χ4n) is 4.30. The summed E-state index contributed by atoms with van der Waals surface area (Å²) < 4.78 is 31.2. The zero-order chi connectivity index (χ0) is 28.0. The molecule has 38 heavy (non-hydrogen) atoms. The van der Waals surface area contributed by atoms with Gasteiger partial charge in [-0.15, -0.1) is 0 Å². The van der Waals surface area contributed by atoms with Crippen LogP contribution in [0.25, 0.3) is 11.1 Å². The van der Waals surface area contributed by atoms with Crippen molar-refractivity contribution in [3.8, 4) is 22.6 Å². The Morgan fingerprint density at radius 3 is 2.24 bits per heavy atom. The Morgan fingerprint density at radius 1 is 1.03 bits per heavy atom. The molecule has 0 saturated heterocycles. The molecule has 0 amide bonds. The minimum absolute atomic E-state index is 0.00461. The summed E-state index contributed by atoms with van der Waals surface area (Å²) in [6.45, 7) is 6.61. The van der Waals surface area contributed by atoms with Crippen molar-refractivity contribution in [1.82, 2.24) is 5.32 Å². The van der Waals surface area contributed by atoms with E-state index in [1.165, 1.54) is 18.2 Å². The van der Waals surface area contributed by atoms with Gasteiger partial charge in [0.05, 0.1) is 24.5 Å². The van der Waals surface area contributed by atoms with Gasteiger partial charge < -0.3 is 25.4 Å². The number of aliphatic hydroxyl groups is 1. The summed E-state index contributed by atoms with van der Waals surface area (Å²) >= 11 is 0. The molecular formula is C28H34N2O7S. The normalized spacial score (nSPS) is 13.1. The number of nitrogens with one attached hydrogen (secondary N) is 2. The summed E-state index contributed by atoms with van der Waals surface area (Å²) in [7, 11) is -3.58. The number of rotatable bonds is 12. The largest absolute Gasteiger partial charge is 0.506 e. The Hall–Kier alpha value is -3.60. The number of sulfonamides is 1. The Kier molecular flexibility index (Phi) is 9.37. The summed E-state index contributed by atoms with van der Waals surface area (Å²) in [5.74, 6) is -0.370. The highest BCUT2D eigenvalue weighted by atomic mass is 32.2. The summed E-state index contributed by atoms with van der Waals surface area (Å²) in [6, 6.07) is 15.3. The molecule has 0 radical (unpaired) electrons. The van der Waals surface area contributed by atoms with Crippen molar-refractivity contribution < 1.29 is 33.3 Å². The van der Waals surface area contributed by atoms with E-state index in [9.17, 15) is 23.4 Å². The fourth-order valence-corrected chi connectivity index (χ4v) is 4.86. The lowest BCUT2D eigenvalue weighted by Gasteiger charge is -2.22. The third-order valence-corrected chi connectivity index (χ3v) is 6.66. The number of aryl methyl sites for hydroxylation is 2. The van der Waals surface area contributed by atoms with Crippen LogP contribution in [0.3, 0.4) is 0 Å². The maximum Gasteiger partial charge on any atom is 0.307 e. The monoisotopic (exact) mass is 542 g/mol. The zero-order valence-corrected chi connectivity index (χ0v) is 22.7. The average molecular weight is 543 g/mol. The first-order valence-electron chi connectivity index (χ1n) is 12.1. The third-order valence-electron chi connectivity index (χ3n) is 6.07. The van der Waals surface area contributed by atoms with E-state index in [0.717, 1.165) is 39.8 Å². The summed E-state index contributed by atoms with van der Waals surface area (Å²) in [6.07, 6.45) is 0.0315. The van der Waals surface area contributed by atoms with Gasteiger partial charge in [0.15, 0.2) is 0 Å². The molecule has 2 unspecified atom stereocenters. The number of aliphatic carboxylic acids is 1. The standard InChI is InChI=1S/C28H34N2O7S/c1-17-13-23(14-18(2)27(17)21-7-5-20(6-8-21)15-26(32)33)37-12-11-29-19(3)28(34)22-9-10-25(31)24(16-22)30-38(4,35)36/h5-10,13-14,16,19,28-31,34H,11-12,15H2,1-4H3,(H,32,33). The van der Waals surface area contributed by atoms with Gasteiger partial charge in [0.2, 0.25) is 10.0 Å². The van der Waals surface area contributed by atoms with Gasteiger partial charge in [-0.1, -0.05) is 30.3 Å². The van der Waals surface area contributed by atoms with Crippen LogP contribution in [0.15, 0.2) is 54.6 Å². The van der Waals surface area contributed by atoms with E-state index < -0.39 is 22.1 Å². The van der Waals surface area contributed by atoms with E-state index in [1.807, 2.05) is 50.2 Å². The number of carboxylic acid groups (broad SMARTS) is 1. The predicted octanol–water partition coefficient (Wildman–Crippen LogP) is 3.77. The van der Waals surface area contributed by atoms with Crippen molar-refractivity contribution in [2.45, 2.75) is 39.3 Å². The van der Waals surface area contributed by atoms with Gasteiger partial charge in [0.25, 0.3) is 0 Å². The van der Waals surface area contributed by atoms with Crippen LogP contribution in [0.4, 0.5) is 5.69 Å². The number of hydrogen-bond donors (Lipinski definition) is 5. The topological polar surface area (TPSA) is 145 Å². The van der Waals surface area contributed by atoms with Gasteiger partial charge in [0, 0.05) is 12.6 Å². The molecule has 0 aromatic heterocycles. The molecule has 0 bridgehead atoms. The number of phenolic OH excluding ortho intramolecular Hbond substituents is 1. The quantitative estimate of drug-likeness (QED) is 0.172. The molecule has 0 heterocycles. The van der Waals surface area contributed by atoms with Crippen molar-refractivity contribution in [2.24, 2.45) is 0 Å². The van der Waals surface area contributed by atoms with Gasteiger partial charge in [-0.25, -0.2) is 8.42 Å². The highest BCUT2D eigenvalue weighted by Crippen LogP contribution is 2.32. The van der Waals surface area contributed by atoms with Crippen LogP contribution < -0.4 is 14.8 Å². The second kappa shape index (κ2) is 12.3. The molecule has 0 aliphatic heterocycles. The van der Waals surface area contributed by atoms with Crippen LogP contribution in [0.2, 0.25) is 0 Å². The van der Waals surface area contributed by atoms with Gasteiger partial charge in [-0.2, -0.15) is 0 Å². The molecule has 5 N–H and O–H groups in total. The lowest BCUT2D eigenvalue weighted by molar-refractivity contribution is -0.136. The van der Waals surface area contributed by atoms with Crippen LogP contribution in [0, 0.1) is 13.8 Å². The molecule has 2 atom stereocenters. The average Bonchev–Trinajstić information content (AvgIpc) is 2.82. The van der Waals surface area contributed by atoms with Gasteiger partial charge >= 0.3 is 5.97 Å². The van der Waals surface area contributed by atoms with E-state index in [2.05, 4.69) is 10.0 Å². The number of aliphatic hydroxyl groups excluding tert-OH is 1. The first-order valence-corrected chi connectivity index (χ1v) is 14.0. The molecule has 0 spiro atoms. The number of benzene rings is 3. The minimum atomic E-state index is -3.58. The lowest BCUT2D eigenvalue weighted by atomic mass is 9.94. The smallest absolute Gasteiger partial charge is 0.307 e. The van der Waals surface area contributed by atoms with Crippen LogP contribution in [0.1, 0.15) is 35.3 Å². The Bertz CT molecular complexity index is 1370. The summed E-state index contributed by atoms with van der Waals surface area (Å²) in [5, 5.41) is 32.8. The van der Waals surface area contributed by atoms with Crippen LogP contribution in [-0.4, -0.2) is 55.2 Å². The van der Waals surface area contributed by atoms with Crippen LogP contribution in [0.5, 0.6) is 11.5 Å². The van der Waals surface area contributed by atoms with E-state index in [4.69, 9.17) is 9.84 Å². The molecule has 0 aliphatic rings. The summed E-state index contributed by atoms with van der Waals surface area (Å²) in [5.41, 5.74) is 5.36. The second-order valence-electron chi connectivity index (χ2n) is 9.39. The van der Waals surface area contributed by atoms with E-state index in [0.29, 0.717) is 18.7 Å². The highest BCUT2D eigenvalue weighted by Gasteiger charge is 2.18. The molecule has 3 aromatic rings. The van der Waals surface area contributed by atoms with Crippen molar-refractivity contribution in [2.75, 3.05) is 24.1 Å². The van der Waals surface area contributed by atoms with E-state index in [-0.39, 0.29) is 23.9 Å². The van der Waals surface area contributed by atoms with Crippen molar-refractivity contribution in [1.29, 1.82) is 0 Å². The first kappa shape index (κ1) is 29.0. The number of carbonyl (C=O) groups is 1. The number of ether oxygens (including phenoxy) is 1. The van der Waals surface area contributed by atoms with Crippen LogP contribution >= 0.6 is 0 Å². The lowest BCUT2D eigenvalue weighted by Crippen LogP contribution is -2.35. The molecular weight excluding hydrogens is 508 g/mol. The minimum Gasteiger partial charge on any atom is -0.506 e. The van der Waals surface area contributed by atoms with Crippen molar-refractivity contribution in [3.63, 3.8) is 0 Å². The van der Waals surface area contributed by atoms with Crippen LogP contribution in [-0.2, 0) is 21.2 Å². The Labute approximate surface area is 223 Å². The maximum atomic E-state index is 11.5. The van der Waals surface area contributed by atoms with E-state index >= 15 is 0 Å². The van der Waals surface area contributed by atoms with Gasteiger partial charge in [-0.3, -0.25) is 9.52 Å². The zero-order valence-electron chi connectivity index (χ0n) is 21.9. The number of phenols is 1. The molecule has 3 aromatic carbocycles. The van der Waals surface area contributed by atoms with E-state index in [1.54, 1.807) is 6.92 Å².